The van der Waals surface area contributed by atoms with E-state index in [4.69, 9.17) is 16.3 Å². The van der Waals surface area contributed by atoms with Crippen LogP contribution in [0.2, 0.25) is 5.02 Å². The van der Waals surface area contributed by atoms with Crippen LogP contribution in [0.25, 0.3) is 0 Å². The maximum Gasteiger partial charge on any atom is 0.244 e. The molecule has 0 spiro atoms. The van der Waals surface area contributed by atoms with Crippen LogP contribution >= 0.6 is 11.6 Å². The van der Waals surface area contributed by atoms with Gasteiger partial charge in [0.1, 0.15) is 28.0 Å². The SMILES string of the molecule is O=S(=O)(c1ccc(F)cc1)c1cc(Oc2c(Cl)cc(Nc3nnn[nH]3)c3c2CCC3)ccc1O. The summed E-state index contributed by atoms with van der Waals surface area (Å²) in [5.74, 6) is -0.0663. The maximum absolute atomic E-state index is 13.3. The molecule has 3 aromatic carbocycles. The molecule has 0 saturated carbocycles. The number of aromatic nitrogens is 4. The summed E-state index contributed by atoms with van der Waals surface area (Å²) in [6.07, 6.45) is 2.38. The van der Waals surface area contributed by atoms with E-state index < -0.39 is 21.4 Å². The van der Waals surface area contributed by atoms with Gasteiger partial charge < -0.3 is 15.2 Å². The number of rotatable bonds is 6. The lowest BCUT2D eigenvalue weighted by molar-refractivity contribution is 0.447. The summed E-state index contributed by atoms with van der Waals surface area (Å²) in [5.41, 5.74) is 2.63. The van der Waals surface area contributed by atoms with E-state index in [0.29, 0.717) is 23.1 Å². The maximum atomic E-state index is 13.3. The molecule has 4 aromatic rings. The van der Waals surface area contributed by atoms with E-state index in [-0.39, 0.29) is 15.5 Å². The van der Waals surface area contributed by atoms with E-state index >= 15 is 0 Å². The van der Waals surface area contributed by atoms with Gasteiger partial charge >= 0.3 is 0 Å². The predicted molar refractivity (Wildman–Crippen MR) is 121 cm³/mol. The molecule has 3 N–H and O–H groups in total. The van der Waals surface area contributed by atoms with Crippen LogP contribution in [0.4, 0.5) is 16.0 Å². The van der Waals surface area contributed by atoms with Crippen LogP contribution in [0.3, 0.4) is 0 Å². The number of H-pyrrole nitrogens is 1. The van der Waals surface area contributed by atoms with Gasteiger partial charge in [0.2, 0.25) is 15.8 Å². The molecule has 1 aromatic heterocycles. The molecule has 174 valence electrons. The summed E-state index contributed by atoms with van der Waals surface area (Å²) in [4.78, 5) is -0.516. The second kappa shape index (κ2) is 8.58. The van der Waals surface area contributed by atoms with Crippen molar-refractivity contribution in [3.05, 3.63) is 70.5 Å². The van der Waals surface area contributed by atoms with Gasteiger partial charge in [-0.05, 0) is 77.7 Å². The number of tetrazole rings is 1. The molecule has 34 heavy (non-hydrogen) atoms. The highest BCUT2D eigenvalue weighted by atomic mass is 35.5. The third-order valence-electron chi connectivity index (χ3n) is 5.47. The Hall–Kier alpha value is -3.70. The molecule has 1 heterocycles. The number of hydrogen-bond donors (Lipinski definition) is 3. The van der Waals surface area contributed by atoms with Crippen molar-refractivity contribution in [1.82, 2.24) is 20.6 Å². The Labute approximate surface area is 198 Å². The Morgan fingerprint density at radius 1 is 1.09 bits per heavy atom. The number of phenols is 1. The van der Waals surface area contributed by atoms with Crippen molar-refractivity contribution in [3.8, 4) is 17.2 Å². The average Bonchev–Trinajstić information content (AvgIpc) is 3.50. The number of aromatic amines is 1. The zero-order valence-electron chi connectivity index (χ0n) is 17.4. The molecule has 0 fully saturated rings. The Kier molecular flexibility index (Phi) is 5.58. The molecule has 0 bridgehead atoms. The van der Waals surface area contributed by atoms with Crippen molar-refractivity contribution in [3.63, 3.8) is 0 Å². The van der Waals surface area contributed by atoms with E-state index in [2.05, 4.69) is 25.9 Å². The normalized spacial score (nSPS) is 13.0. The highest BCUT2D eigenvalue weighted by Gasteiger charge is 2.26. The fourth-order valence-corrected chi connectivity index (χ4v) is 5.53. The molecule has 1 aliphatic rings. The van der Waals surface area contributed by atoms with Crippen LogP contribution in [0.5, 0.6) is 17.2 Å². The highest BCUT2D eigenvalue weighted by molar-refractivity contribution is 7.91. The van der Waals surface area contributed by atoms with Crippen LogP contribution in [0.1, 0.15) is 17.5 Å². The largest absolute Gasteiger partial charge is 0.507 e. The van der Waals surface area contributed by atoms with E-state index in [0.717, 1.165) is 53.9 Å². The number of sulfone groups is 1. The molecule has 0 atom stereocenters. The number of hydrogen-bond acceptors (Lipinski definition) is 8. The Bertz CT molecular complexity index is 1480. The number of ether oxygens (including phenoxy) is 1. The minimum absolute atomic E-state index is 0.155. The second-order valence-corrected chi connectivity index (χ2v) is 9.93. The molecule has 0 unspecified atom stereocenters. The Balaban J connectivity index is 1.51. The zero-order chi connectivity index (χ0) is 23.9. The van der Waals surface area contributed by atoms with Gasteiger partial charge in [-0.25, -0.2) is 17.9 Å². The topological polar surface area (TPSA) is 130 Å². The lowest BCUT2D eigenvalue weighted by atomic mass is 10.1. The molecule has 0 saturated heterocycles. The molecule has 12 heteroatoms. The Morgan fingerprint density at radius 3 is 2.59 bits per heavy atom. The first-order chi connectivity index (χ1) is 16.3. The number of halogens is 2. The Morgan fingerprint density at radius 2 is 1.85 bits per heavy atom. The van der Waals surface area contributed by atoms with Crippen LogP contribution in [0.15, 0.2) is 58.3 Å². The highest BCUT2D eigenvalue weighted by Crippen LogP contribution is 2.44. The fraction of sp³-hybridized carbons (Fsp3) is 0.136. The van der Waals surface area contributed by atoms with Crippen LogP contribution in [-0.4, -0.2) is 34.1 Å². The number of phenolic OH excluding ortho intramolecular Hbond substituents is 1. The summed E-state index contributed by atoms with van der Waals surface area (Å²) in [6.45, 7) is 0. The molecular weight excluding hydrogens is 485 g/mol. The minimum Gasteiger partial charge on any atom is -0.507 e. The van der Waals surface area contributed by atoms with E-state index in [9.17, 15) is 17.9 Å². The predicted octanol–water partition coefficient (Wildman–Crippen LogP) is 4.56. The van der Waals surface area contributed by atoms with Crippen molar-refractivity contribution in [2.45, 2.75) is 29.1 Å². The van der Waals surface area contributed by atoms with Crippen LogP contribution in [-0.2, 0) is 22.7 Å². The first-order valence-corrected chi connectivity index (χ1v) is 12.1. The van der Waals surface area contributed by atoms with Gasteiger partial charge in [0.25, 0.3) is 0 Å². The number of benzene rings is 3. The fourth-order valence-electron chi connectivity index (χ4n) is 3.91. The number of fused-ring (bicyclic) bond motifs is 1. The molecular formula is C22H17ClFN5O4S. The summed E-state index contributed by atoms with van der Waals surface area (Å²) in [6, 6.07) is 9.94. The summed E-state index contributed by atoms with van der Waals surface area (Å²) in [7, 11) is -4.12. The standard InChI is InChI=1S/C22H17ClFN5O4S/c23-17-11-18(25-22-26-28-29-27-22)15-2-1-3-16(15)21(17)33-13-6-9-19(30)20(10-13)34(31,32)14-7-4-12(24)5-8-14/h4-11,30H,1-3H2,(H2,25,26,27,28,29). The van der Waals surface area contributed by atoms with Gasteiger partial charge in [0, 0.05) is 17.3 Å². The van der Waals surface area contributed by atoms with Gasteiger partial charge in [0.05, 0.1) is 9.92 Å². The van der Waals surface area contributed by atoms with Gasteiger partial charge in [0.15, 0.2) is 0 Å². The van der Waals surface area contributed by atoms with Gasteiger partial charge in [-0.3, -0.25) is 0 Å². The molecule has 5 rings (SSSR count). The zero-order valence-corrected chi connectivity index (χ0v) is 19.0. The first kappa shape index (κ1) is 22.1. The second-order valence-electron chi connectivity index (χ2n) is 7.61. The number of nitrogens with one attached hydrogen (secondary N) is 2. The third kappa shape index (κ3) is 4.03. The van der Waals surface area contributed by atoms with Crippen molar-refractivity contribution >= 4 is 33.1 Å². The van der Waals surface area contributed by atoms with Crippen LogP contribution in [0, 0.1) is 5.82 Å². The van der Waals surface area contributed by atoms with Crippen molar-refractivity contribution in [1.29, 1.82) is 0 Å². The summed E-state index contributed by atoms with van der Waals surface area (Å²) >= 11 is 6.54. The third-order valence-corrected chi connectivity index (χ3v) is 7.55. The van der Waals surface area contributed by atoms with Gasteiger partial charge in [-0.1, -0.05) is 16.7 Å². The smallest absolute Gasteiger partial charge is 0.244 e. The monoisotopic (exact) mass is 501 g/mol. The van der Waals surface area contributed by atoms with E-state index in [1.54, 1.807) is 6.07 Å². The number of anilines is 2. The summed E-state index contributed by atoms with van der Waals surface area (Å²) in [5, 5.41) is 27.2. The molecule has 0 radical (unpaired) electrons. The van der Waals surface area contributed by atoms with Crippen molar-refractivity contribution in [2.75, 3.05) is 5.32 Å². The van der Waals surface area contributed by atoms with Crippen molar-refractivity contribution in [2.24, 2.45) is 0 Å². The first-order valence-electron chi connectivity index (χ1n) is 10.2. The average molecular weight is 502 g/mol. The molecule has 9 nitrogen and oxygen atoms in total. The quantitative estimate of drug-likeness (QED) is 0.328. The van der Waals surface area contributed by atoms with Gasteiger partial charge in [-0.15, -0.1) is 0 Å². The van der Waals surface area contributed by atoms with E-state index in [1.165, 1.54) is 18.2 Å². The number of aromatic hydroxyl groups is 1. The van der Waals surface area contributed by atoms with Crippen molar-refractivity contribution < 1.29 is 22.7 Å². The lowest BCUT2D eigenvalue weighted by Crippen LogP contribution is -2.03. The summed E-state index contributed by atoms with van der Waals surface area (Å²) < 4.78 is 45.4. The molecule has 0 aliphatic heterocycles. The molecule has 1 aliphatic carbocycles. The lowest BCUT2D eigenvalue weighted by Gasteiger charge is -2.17. The minimum atomic E-state index is -4.12. The molecule has 0 amide bonds. The van der Waals surface area contributed by atoms with E-state index in [1.807, 2.05) is 0 Å². The van der Waals surface area contributed by atoms with Gasteiger partial charge in [-0.2, -0.15) is 0 Å². The number of nitrogens with zero attached hydrogens (tertiary/aromatic N) is 3. The van der Waals surface area contributed by atoms with Crippen LogP contribution < -0.4 is 10.1 Å².